The minimum Gasteiger partial charge on any atom is -0.446 e. The number of halogens is 1. The van der Waals surface area contributed by atoms with Crippen LogP contribution in [0.3, 0.4) is 0 Å². The van der Waals surface area contributed by atoms with Gasteiger partial charge in [-0.15, -0.1) is 0 Å². The smallest absolute Gasteiger partial charge is 0.410 e. The summed E-state index contributed by atoms with van der Waals surface area (Å²) in [5, 5.41) is 10.7. The fourth-order valence-electron chi connectivity index (χ4n) is 5.40. The number of ether oxygens (including phenoxy) is 1. The summed E-state index contributed by atoms with van der Waals surface area (Å²) in [6.45, 7) is 0.555. The molecule has 4 nitrogen and oxygen atoms in total. The molecule has 2 aromatic carbocycles. The van der Waals surface area contributed by atoms with Crippen LogP contribution in [0.2, 0.25) is 0 Å². The number of carbonyl (C=O) groups is 1. The van der Waals surface area contributed by atoms with Crippen molar-refractivity contribution in [1.29, 1.82) is 0 Å². The Morgan fingerprint density at radius 2 is 1.83 bits per heavy atom. The molecule has 3 aliphatic carbocycles. The summed E-state index contributed by atoms with van der Waals surface area (Å²) >= 11 is 0. The molecule has 4 aliphatic rings. The number of carbonyl (C=O) groups excluding carboxylic acids is 1. The number of hydrogen-bond donors (Lipinski definition) is 1. The van der Waals surface area contributed by atoms with Gasteiger partial charge in [-0.1, -0.05) is 36.4 Å². The Balaban J connectivity index is 1.43. The molecule has 0 radical (unpaired) electrons. The fourth-order valence-corrected chi connectivity index (χ4v) is 5.40. The Hall–Kier alpha value is -2.40. The maximum absolute atomic E-state index is 13.5. The third-order valence-electron chi connectivity index (χ3n) is 7.02. The van der Waals surface area contributed by atoms with Crippen molar-refractivity contribution in [2.24, 2.45) is 5.92 Å². The van der Waals surface area contributed by atoms with Crippen molar-refractivity contribution in [2.75, 3.05) is 6.54 Å². The highest BCUT2D eigenvalue weighted by Gasteiger charge is 2.47. The van der Waals surface area contributed by atoms with E-state index in [1.54, 1.807) is 17.0 Å². The van der Waals surface area contributed by atoms with Crippen molar-refractivity contribution < 1.29 is 19.0 Å². The predicted octanol–water partition coefficient (Wildman–Crippen LogP) is 4.60. The Bertz CT molecular complexity index is 905. The zero-order chi connectivity index (χ0) is 20.0. The van der Waals surface area contributed by atoms with Gasteiger partial charge in [-0.05, 0) is 66.8 Å². The topological polar surface area (TPSA) is 49.8 Å². The number of benzene rings is 2. The van der Waals surface area contributed by atoms with Gasteiger partial charge in [0.1, 0.15) is 11.9 Å². The fraction of sp³-hybridized carbons (Fsp3) is 0.458. The average molecular weight is 395 g/mol. The SMILES string of the molecule is O=C(O[C@@H]1CC2(O)CCC1CC2)N1CCc2ccccc2[C@@H]1c1ccc(F)cc1. The second-order valence-electron chi connectivity index (χ2n) is 8.78. The summed E-state index contributed by atoms with van der Waals surface area (Å²) in [5.41, 5.74) is 2.46. The third kappa shape index (κ3) is 3.42. The molecule has 152 valence electrons. The first kappa shape index (κ1) is 18.6. The number of rotatable bonds is 2. The first-order valence-corrected chi connectivity index (χ1v) is 10.6. The third-order valence-corrected chi connectivity index (χ3v) is 7.02. The Labute approximate surface area is 170 Å². The molecule has 5 heteroatoms. The lowest BCUT2D eigenvalue weighted by molar-refractivity contribution is -0.120. The lowest BCUT2D eigenvalue weighted by atomic mass is 9.66. The van der Waals surface area contributed by atoms with Gasteiger partial charge in [0.2, 0.25) is 0 Å². The van der Waals surface area contributed by atoms with E-state index in [1.807, 2.05) is 18.2 Å². The van der Waals surface area contributed by atoms with Crippen molar-refractivity contribution in [3.8, 4) is 0 Å². The minimum absolute atomic E-state index is 0.221. The number of fused-ring (bicyclic) bond motifs is 4. The number of aliphatic hydroxyl groups is 1. The normalized spacial score (nSPS) is 30.7. The molecule has 2 aromatic rings. The first-order valence-electron chi connectivity index (χ1n) is 10.6. The van der Waals surface area contributed by atoms with Gasteiger partial charge in [0.25, 0.3) is 0 Å². The zero-order valence-electron chi connectivity index (χ0n) is 16.4. The number of nitrogens with zero attached hydrogens (tertiary/aromatic N) is 1. The van der Waals surface area contributed by atoms with Crippen LogP contribution < -0.4 is 0 Å². The van der Waals surface area contributed by atoms with Gasteiger partial charge in [0, 0.05) is 13.0 Å². The molecule has 0 unspecified atom stereocenters. The van der Waals surface area contributed by atoms with E-state index >= 15 is 0 Å². The average Bonchev–Trinajstić information content (AvgIpc) is 2.73. The molecule has 1 N–H and O–H groups in total. The largest absolute Gasteiger partial charge is 0.446 e. The lowest BCUT2D eigenvalue weighted by Gasteiger charge is -2.47. The zero-order valence-corrected chi connectivity index (χ0v) is 16.4. The highest BCUT2D eigenvalue weighted by molar-refractivity contribution is 5.70. The monoisotopic (exact) mass is 395 g/mol. The van der Waals surface area contributed by atoms with E-state index in [-0.39, 0.29) is 24.1 Å². The van der Waals surface area contributed by atoms with Gasteiger partial charge in [0.15, 0.2) is 0 Å². The van der Waals surface area contributed by atoms with E-state index in [2.05, 4.69) is 6.07 Å². The molecule has 0 aromatic heterocycles. The standard InChI is InChI=1S/C24H26FNO3/c25-19-7-5-18(6-8-19)22-20-4-2-1-3-16(20)11-14-26(22)23(27)29-21-15-24(28)12-9-17(21)10-13-24/h1-8,17,21-22,28H,9-15H2/t17?,21-,22+,24?/m1/s1. The van der Waals surface area contributed by atoms with Crippen molar-refractivity contribution >= 4 is 6.09 Å². The molecule has 0 saturated heterocycles. The highest BCUT2D eigenvalue weighted by atomic mass is 19.1. The molecular weight excluding hydrogens is 369 g/mol. The summed E-state index contributed by atoms with van der Waals surface area (Å²) < 4.78 is 19.5. The maximum Gasteiger partial charge on any atom is 0.410 e. The second kappa shape index (κ2) is 7.13. The minimum atomic E-state index is -0.676. The van der Waals surface area contributed by atoms with Gasteiger partial charge in [0.05, 0.1) is 11.6 Å². The maximum atomic E-state index is 13.5. The van der Waals surface area contributed by atoms with E-state index in [9.17, 15) is 14.3 Å². The van der Waals surface area contributed by atoms with Crippen LogP contribution in [0.5, 0.6) is 0 Å². The molecule has 1 heterocycles. The van der Waals surface area contributed by atoms with Crippen LogP contribution in [0.25, 0.3) is 0 Å². The molecular formula is C24H26FNO3. The molecule has 2 atom stereocenters. The van der Waals surface area contributed by atoms with Crippen LogP contribution in [0, 0.1) is 11.7 Å². The van der Waals surface area contributed by atoms with E-state index < -0.39 is 5.60 Å². The summed E-state index contributed by atoms with van der Waals surface area (Å²) in [7, 11) is 0. The molecule has 1 aliphatic heterocycles. The van der Waals surface area contributed by atoms with Crippen molar-refractivity contribution in [1.82, 2.24) is 4.90 Å². The summed E-state index contributed by atoms with van der Waals surface area (Å²) in [4.78, 5) is 15.0. The van der Waals surface area contributed by atoms with Gasteiger partial charge >= 0.3 is 6.09 Å². The molecule has 2 bridgehead atoms. The molecule has 3 fully saturated rings. The van der Waals surface area contributed by atoms with Crippen LogP contribution in [0.4, 0.5) is 9.18 Å². The van der Waals surface area contributed by atoms with E-state index in [1.165, 1.54) is 17.7 Å². The molecule has 6 rings (SSSR count). The number of amides is 1. The van der Waals surface area contributed by atoms with Gasteiger partial charge in [-0.25, -0.2) is 9.18 Å². The van der Waals surface area contributed by atoms with Crippen LogP contribution in [0.15, 0.2) is 48.5 Å². The Morgan fingerprint density at radius 1 is 1.10 bits per heavy atom. The van der Waals surface area contributed by atoms with Crippen LogP contribution >= 0.6 is 0 Å². The van der Waals surface area contributed by atoms with Crippen LogP contribution in [-0.2, 0) is 11.2 Å². The van der Waals surface area contributed by atoms with Crippen LogP contribution in [-0.4, -0.2) is 34.3 Å². The van der Waals surface area contributed by atoms with E-state index in [4.69, 9.17) is 4.74 Å². The quantitative estimate of drug-likeness (QED) is 0.808. The summed E-state index contributed by atoms with van der Waals surface area (Å²) in [6.07, 6.45) is 4.19. The molecule has 29 heavy (non-hydrogen) atoms. The van der Waals surface area contributed by atoms with E-state index in [0.29, 0.717) is 18.9 Å². The second-order valence-corrected chi connectivity index (χ2v) is 8.78. The van der Waals surface area contributed by atoms with Gasteiger partial charge < -0.3 is 9.84 Å². The van der Waals surface area contributed by atoms with Crippen LogP contribution in [0.1, 0.15) is 54.8 Å². The Morgan fingerprint density at radius 3 is 2.55 bits per heavy atom. The molecule has 3 saturated carbocycles. The van der Waals surface area contributed by atoms with Crippen molar-refractivity contribution in [3.05, 3.63) is 71.0 Å². The molecule has 0 spiro atoms. The van der Waals surface area contributed by atoms with Gasteiger partial charge in [-0.3, -0.25) is 4.90 Å². The summed E-state index contributed by atoms with van der Waals surface area (Å²) in [5.74, 6) is 0.0489. The van der Waals surface area contributed by atoms with E-state index in [0.717, 1.165) is 43.2 Å². The van der Waals surface area contributed by atoms with Crippen molar-refractivity contribution in [3.63, 3.8) is 0 Å². The first-order chi connectivity index (χ1) is 14.0. The molecule has 1 amide bonds. The number of hydrogen-bond acceptors (Lipinski definition) is 3. The summed E-state index contributed by atoms with van der Waals surface area (Å²) in [6, 6.07) is 14.2. The Kier molecular flexibility index (Phi) is 4.58. The lowest BCUT2D eigenvalue weighted by Crippen LogP contribution is -2.51. The van der Waals surface area contributed by atoms with Gasteiger partial charge in [-0.2, -0.15) is 0 Å². The highest BCUT2D eigenvalue weighted by Crippen LogP contribution is 2.46. The predicted molar refractivity (Wildman–Crippen MR) is 107 cm³/mol. The van der Waals surface area contributed by atoms with Crippen molar-refractivity contribution in [2.45, 2.75) is 56.3 Å².